The molecule has 4 aliphatic rings. The number of nitrogens with zero attached hydrogens (tertiary/aromatic N) is 2. The Morgan fingerprint density at radius 3 is 2.40 bits per heavy atom. The molecule has 2 aromatic rings. The van der Waals surface area contributed by atoms with Crippen LogP contribution in [0.15, 0.2) is 43.1 Å². The van der Waals surface area contributed by atoms with Crippen LogP contribution in [-0.2, 0) is 29.1 Å². The van der Waals surface area contributed by atoms with E-state index in [1.165, 1.54) is 33.2 Å². The van der Waals surface area contributed by atoms with Crippen LogP contribution in [-0.4, -0.2) is 96.5 Å². The number of aromatic nitrogens is 1. The van der Waals surface area contributed by atoms with E-state index in [-0.39, 0.29) is 38.1 Å². The van der Waals surface area contributed by atoms with E-state index in [4.69, 9.17) is 14.2 Å². The number of rotatable bonds is 13. The highest BCUT2D eigenvalue weighted by atomic mass is 32.2. The van der Waals surface area contributed by atoms with Crippen molar-refractivity contribution in [1.29, 1.82) is 0 Å². The fourth-order valence-electron chi connectivity index (χ4n) is 6.48. The van der Waals surface area contributed by atoms with Gasteiger partial charge in [0.2, 0.25) is 21.8 Å². The Bertz CT molecular complexity index is 1900. The molecule has 14 nitrogen and oxygen atoms in total. The molecule has 3 aliphatic carbocycles. The Morgan fingerprint density at radius 2 is 1.83 bits per heavy atom. The molecular weight excluding hydrogens is 711 g/mol. The number of alkyl halides is 3. The molecule has 3 N–H and O–H groups in total. The average Bonchev–Trinajstić information content (AvgIpc) is 3.99. The molecule has 6 rings (SSSR count). The third-order valence-electron chi connectivity index (χ3n) is 10.0. The number of carbonyl (C=O) groups is 4. The molecule has 4 amide bonds. The molecule has 1 aliphatic heterocycles. The van der Waals surface area contributed by atoms with Gasteiger partial charge in [0.15, 0.2) is 6.10 Å². The number of nitrogens with one attached hydrogen (secondary N) is 3. The number of likely N-dealkylation sites (tertiary alicyclic amines) is 1. The van der Waals surface area contributed by atoms with Gasteiger partial charge in [-0.15, -0.1) is 6.58 Å². The summed E-state index contributed by atoms with van der Waals surface area (Å²) in [7, 11) is -2.45. The molecule has 0 unspecified atom stereocenters. The van der Waals surface area contributed by atoms with Crippen molar-refractivity contribution >= 4 is 44.6 Å². The zero-order valence-electron chi connectivity index (χ0n) is 28.7. The molecule has 1 saturated heterocycles. The standard InChI is InChI=1S/C34H40F3N5O9S/c1-5-20-16-33(20,30(45)41-52(47,48)23-7-8-23)39-27(43)25-15-22(50-28-24-9-6-21(49-4)14-19(24)10-13-38-28)17-42(25)29(44)26(18(2)3)51-31(46)40-32(11-12-32)34(35,36)37/h5-6,9-10,13-14,18,20,22-23,25-26H,1,7-8,11-12,15-17H2,2-4H3,(H,39,43)(H,40,46)(H,41,45)/t20-,22-,25+,26+,33-/m1/s1. The van der Waals surface area contributed by atoms with Crippen molar-refractivity contribution in [3.8, 4) is 11.6 Å². The normalized spacial score (nSPS) is 25.5. The van der Waals surface area contributed by atoms with Crippen LogP contribution in [0.5, 0.6) is 11.6 Å². The number of alkyl carbamates (subject to hydrolysis) is 1. The van der Waals surface area contributed by atoms with Gasteiger partial charge in [-0.05, 0) is 67.7 Å². The summed E-state index contributed by atoms with van der Waals surface area (Å²) in [6.45, 7) is 6.52. The van der Waals surface area contributed by atoms with E-state index in [2.05, 4.69) is 21.6 Å². The van der Waals surface area contributed by atoms with Crippen molar-refractivity contribution in [2.45, 2.75) is 93.1 Å². The Morgan fingerprint density at radius 1 is 1.12 bits per heavy atom. The number of sulfonamides is 1. The third-order valence-corrected chi connectivity index (χ3v) is 11.8. The maximum Gasteiger partial charge on any atom is 0.411 e. The second-order valence-electron chi connectivity index (χ2n) is 14.1. The predicted octanol–water partition coefficient (Wildman–Crippen LogP) is 3.11. The van der Waals surface area contributed by atoms with Crippen LogP contribution in [0, 0.1) is 11.8 Å². The van der Waals surface area contributed by atoms with Gasteiger partial charge >= 0.3 is 12.3 Å². The van der Waals surface area contributed by atoms with Crippen molar-refractivity contribution in [3.63, 3.8) is 0 Å². The number of pyridine rings is 1. The monoisotopic (exact) mass is 751 g/mol. The van der Waals surface area contributed by atoms with E-state index in [0.717, 1.165) is 10.3 Å². The molecule has 3 saturated carbocycles. The molecule has 1 aromatic carbocycles. The van der Waals surface area contributed by atoms with Crippen LogP contribution in [0.2, 0.25) is 0 Å². The topological polar surface area (TPSA) is 182 Å². The summed E-state index contributed by atoms with van der Waals surface area (Å²) in [4.78, 5) is 59.8. The minimum Gasteiger partial charge on any atom is -0.497 e. The number of benzene rings is 1. The molecule has 1 aromatic heterocycles. The van der Waals surface area contributed by atoms with Gasteiger partial charge in [0.1, 0.15) is 29.0 Å². The Balaban J connectivity index is 1.26. The predicted molar refractivity (Wildman–Crippen MR) is 178 cm³/mol. The summed E-state index contributed by atoms with van der Waals surface area (Å²) in [5.74, 6) is -3.21. The Kier molecular flexibility index (Phi) is 9.59. The van der Waals surface area contributed by atoms with Gasteiger partial charge in [-0.3, -0.25) is 19.1 Å². The van der Waals surface area contributed by atoms with Crippen molar-refractivity contribution in [1.82, 2.24) is 25.2 Å². The molecule has 4 fully saturated rings. The number of ether oxygens (including phenoxy) is 3. The highest BCUT2D eigenvalue weighted by Gasteiger charge is 2.65. The molecule has 0 spiro atoms. The molecule has 2 heterocycles. The summed E-state index contributed by atoms with van der Waals surface area (Å²) in [6.07, 6.45) is -5.65. The second-order valence-corrected chi connectivity index (χ2v) is 16.1. The van der Waals surface area contributed by atoms with Crippen molar-refractivity contribution < 1.29 is 55.0 Å². The number of fused-ring (bicyclic) bond motifs is 1. The largest absolute Gasteiger partial charge is 0.497 e. The third kappa shape index (κ3) is 7.21. The van der Waals surface area contributed by atoms with Crippen molar-refractivity contribution in [2.75, 3.05) is 13.7 Å². The lowest BCUT2D eigenvalue weighted by Gasteiger charge is -2.31. The number of hydrogen-bond donors (Lipinski definition) is 3. The molecule has 0 bridgehead atoms. The second kappa shape index (κ2) is 13.4. The zero-order valence-corrected chi connectivity index (χ0v) is 29.5. The quantitative estimate of drug-likeness (QED) is 0.257. The highest BCUT2D eigenvalue weighted by Crippen LogP contribution is 2.49. The van der Waals surface area contributed by atoms with Gasteiger partial charge in [-0.2, -0.15) is 13.2 Å². The number of halogens is 3. The van der Waals surface area contributed by atoms with Gasteiger partial charge in [0.05, 0.1) is 18.9 Å². The highest BCUT2D eigenvalue weighted by molar-refractivity contribution is 7.91. The number of carbonyl (C=O) groups excluding carboxylic acids is 4. The van der Waals surface area contributed by atoms with E-state index in [1.807, 2.05) is 5.32 Å². The van der Waals surface area contributed by atoms with Gasteiger partial charge in [0.25, 0.3) is 11.8 Å². The van der Waals surface area contributed by atoms with Crippen molar-refractivity contribution in [3.05, 3.63) is 43.1 Å². The fraction of sp³-hybridized carbons (Fsp3) is 0.559. The molecule has 0 radical (unpaired) electrons. The Labute approximate surface area is 297 Å². The Hall–Kier alpha value is -4.61. The molecule has 282 valence electrons. The van der Waals surface area contributed by atoms with Crippen LogP contribution in [0.25, 0.3) is 10.8 Å². The van der Waals surface area contributed by atoms with Crippen LogP contribution in [0.1, 0.15) is 52.4 Å². The maximum absolute atomic E-state index is 14.2. The number of hydrogen-bond acceptors (Lipinski definition) is 10. The first kappa shape index (κ1) is 37.2. The first-order valence-electron chi connectivity index (χ1n) is 16.9. The first-order chi connectivity index (χ1) is 24.4. The minimum absolute atomic E-state index is 0.0527. The minimum atomic E-state index is -4.72. The molecule has 18 heteroatoms. The molecule has 5 atom stereocenters. The van der Waals surface area contributed by atoms with Gasteiger partial charge in [-0.1, -0.05) is 19.9 Å². The summed E-state index contributed by atoms with van der Waals surface area (Å²) >= 11 is 0. The van der Waals surface area contributed by atoms with E-state index >= 15 is 0 Å². The summed E-state index contributed by atoms with van der Waals surface area (Å²) in [6, 6.07) is 5.61. The van der Waals surface area contributed by atoms with Gasteiger partial charge in [0, 0.05) is 23.9 Å². The lowest BCUT2D eigenvalue weighted by molar-refractivity contribution is -0.165. The van der Waals surface area contributed by atoms with E-state index in [9.17, 15) is 40.8 Å². The van der Waals surface area contributed by atoms with Crippen LogP contribution < -0.4 is 24.8 Å². The average molecular weight is 752 g/mol. The summed E-state index contributed by atoms with van der Waals surface area (Å²) in [5.41, 5.74) is -4.10. The van der Waals surface area contributed by atoms with Crippen LogP contribution >= 0.6 is 0 Å². The van der Waals surface area contributed by atoms with E-state index in [1.54, 1.807) is 24.3 Å². The lowest BCUT2D eigenvalue weighted by atomic mass is 10.0. The summed E-state index contributed by atoms with van der Waals surface area (Å²) in [5, 5.41) is 5.14. The van der Waals surface area contributed by atoms with E-state index in [0.29, 0.717) is 24.0 Å². The molecular formula is C34H40F3N5O9S. The van der Waals surface area contributed by atoms with Gasteiger partial charge < -0.3 is 29.7 Å². The lowest BCUT2D eigenvalue weighted by Crippen LogP contribution is -2.58. The SMILES string of the molecule is C=C[C@@H]1C[C@]1(NC(=O)[C@@H]1C[C@@H](Oc2nccc3cc(OC)ccc23)CN1C(=O)[C@@H](OC(=O)NC1(C(F)(F)F)CC1)C(C)C)C(=O)NS(=O)(=O)C1CC1. The van der Waals surface area contributed by atoms with Crippen molar-refractivity contribution in [2.24, 2.45) is 11.8 Å². The van der Waals surface area contributed by atoms with Gasteiger partial charge in [-0.25, -0.2) is 18.2 Å². The van der Waals surface area contributed by atoms with E-state index < -0.39 is 86.4 Å². The first-order valence-corrected chi connectivity index (χ1v) is 18.4. The maximum atomic E-state index is 14.2. The summed E-state index contributed by atoms with van der Waals surface area (Å²) < 4.78 is 84.8. The van der Waals surface area contributed by atoms with Crippen LogP contribution in [0.4, 0.5) is 18.0 Å². The smallest absolute Gasteiger partial charge is 0.411 e. The zero-order chi connectivity index (χ0) is 37.8. The number of methoxy groups -OCH3 is 1. The number of amides is 4. The molecule has 52 heavy (non-hydrogen) atoms. The van der Waals surface area contributed by atoms with Crippen LogP contribution in [0.3, 0.4) is 0 Å². The fourth-order valence-corrected chi connectivity index (χ4v) is 7.84.